The Hall–Kier alpha value is 1.10. The van der Waals surface area contributed by atoms with Crippen molar-refractivity contribution in [1.82, 2.24) is 0 Å². The zero-order valence-corrected chi connectivity index (χ0v) is 12.1. The van der Waals surface area contributed by atoms with Gasteiger partial charge in [0, 0.05) is 19.5 Å². The third-order valence-electron chi connectivity index (χ3n) is 3.73. The molecule has 2 heteroatoms. The molecule has 4 aliphatic rings. The Morgan fingerprint density at radius 3 is 1.33 bits per heavy atom. The molecule has 0 heterocycles. The molecule has 0 N–H and O–H groups in total. The minimum Gasteiger partial charge on any atom is -1.00 e. The van der Waals surface area contributed by atoms with Gasteiger partial charge in [0.05, 0.1) is 0 Å². The van der Waals surface area contributed by atoms with E-state index >= 15 is 0 Å². The second-order valence-corrected chi connectivity index (χ2v) is 4.67. The largest absolute Gasteiger partial charge is 1.00 e. The van der Waals surface area contributed by atoms with Gasteiger partial charge in [0.25, 0.3) is 0 Å². The van der Waals surface area contributed by atoms with Gasteiger partial charge < -0.3 is 17.0 Å². The molecule has 65 valence electrons. The predicted molar refractivity (Wildman–Crippen MR) is 41.4 cm³/mol. The van der Waals surface area contributed by atoms with Crippen LogP contribution in [0.25, 0.3) is 0 Å². The van der Waals surface area contributed by atoms with Crippen LogP contribution in [0.15, 0.2) is 0 Å². The van der Waals surface area contributed by atoms with E-state index in [-0.39, 0.29) is 36.5 Å². The van der Waals surface area contributed by atoms with Gasteiger partial charge in [-0.3, -0.25) is 0 Å². The van der Waals surface area contributed by atoms with E-state index in [1.54, 1.807) is 19.3 Å². The molecule has 0 saturated heterocycles. The molecule has 4 bridgehead atoms. The molecule has 4 rings (SSSR count). The van der Waals surface area contributed by atoms with Crippen molar-refractivity contribution in [3.05, 3.63) is 5.92 Å². The number of rotatable bonds is 0. The smallest absolute Gasteiger partial charge is 0 e. The van der Waals surface area contributed by atoms with Crippen LogP contribution in [-0.2, 0) is 19.5 Å². The van der Waals surface area contributed by atoms with Crippen LogP contribution in [0.3, 0.4) is 0 Å². The predicted octanol–water partition coefficient (Wildman–Crippen LogP) is -0.208. The summed E-state index contributed by atoms with van der Waals surface area (Å²) >= 11 is 0. The number of hydrogen-bond donors (Lipinski definition) is 0. The molecule has 0 atom stereocenters. The minimum absolute atomic E-state index is 0. The van der Waals surface area contributed by atoms with E-state index in [2.05, 4.69) is 0 Å². The van der Waals surface area contributed by atoms with Gasteiger partial charge >= 0.3 is 0 Å². The van der Waals surface area contributed by atoms with Gasteiger partial charge in [-0.1, -0.05) is 0 Å². The summed E-state index contributed by atoms with van der Waals surface area (Å²) in [5, 5.41) is 0. The van der Waals surface area contributed by atoms with Crippen molar-refractivity contribution < 1.29 is 36.5 Å². The second kappa shape index (κ2) is 4.09. The van der Waals surface area contributed by atoms with Gasteiger partial charge in [-0.15, -0.1) is 0 Å². The van der Waals surface area contributed by atoms with Gasteiger partial charge in [-0.25, -0.2) is 0 Å². The molecule has 4 saturated carbocycles. The molecule has 0 aromatic carbocycles. The van der Waals surface area contributed by atoms with Crippen LogP contribution in [0.1, 0.15) is 38.5 Å². The normalized spacial score (nSPS) is 43.5. The summed E-state index contributed by atoms with van der Waals surface area (Å²) in [5.74, 6) is 5.35. The van der Waals surface area contributed by atoms with Crippen LogP contribution in [0.4, 0.5) is 0 Å². The Morgan fingerprint density at radius 1 is 0.750 bits per heavy atom. The van der Waals surface area contributed by atoms with Gasteiger partial charge in [-0.2, -0.15) is 0 Å². The first-order valence-corrected chi connectivity index (χ1v) is 4.73. The second-order valence-electron chi connectivity index (χ2n) is 4.67. The molecular weight excluding hydrogens is 265 g/mol. The Bertz CT molecular complexity index is 101. The molecule has 12 heavy (non-hydrogen) atoms. The van der Waals surface area contributed by atoms with E-state index in [9.17, 15) is 0 Å². The molecule has 0 aromatic rings. The van der Waals surface area contributed by atoms with E-state index in [1.165, 1.54) is 19.3 Å². The van der Waals surface area contributed by atoms with E-state index in [4.69, 9.17) is 0 Å². The van der Waals surface area contributed by atoms with E-state index in [0.29, 0.717) is 0 Å². The number of hydrogen-bond acceptors (Lipinski definition) is 0. The van der Waals surface area contributed by atoms with E-state index < -0.39 is 0 Å². The maximum absolute atomic E-state index is 1.93. The fourth-order valence-corrected chi connectivity index (χ4v) is 3.68. The summed E-state index contributed by atoms with van der Waals surface area (Å²) in [4.78, 5) is 0. The third-order valence-corrected chi connectivity index (χ3v) is 3.73. The van der Waals surface area contributed by atoms with E-state index in [1.807, 2.05) is 5.92 Å². The molecule has 0 nitrogen and oxygen atoms in total. The van der Waals surface area contributed by atoms with Crippen LogP contribution >= 0.6 is 0 Å². The van der Waals surface area contributed by atoms with Crippen LogP contribution in [0.5, 0.6) is 0 Å². The Morgan fingerprint density at radius 2 is 1.08 bits per heavy atom. The summed E-state index contributed by atoms with van der Waals surface area (Å²) in [6.07, 6.45) is 9.31. The molecule has 0 spiro atoms. The Labute approximate surface area is 98.4 Å². The first-order valence-electron chi connectivity index (χ1n) is 4.73. The van der Waals surface area contributed by atoms with Crippen LogP contribution in [0, 0.1) is 23.7 Å². The first kappa shape index (κ1) is 11.2. The van der Waals surface area contributed by atoms with Gasteiger partial charge in [0.1, 0.15) is 0 Å². The van der Waals surface area contributed by atoms with Crippen LogP contribution in [0.2, 0.25) is 0 Å². The zero-order valence-electron chi connectivity index (χ0n) is 7.56. The van der Waals surface area contributed by atoms with Crippen molar-refractivity contribution >= 4 is 0 Å². The summed E-state index contributed by atoms with van der Waals surface area (Å²) in [5.41, 5.74) is 0. The molecule has 0 aliphatic heterocycles. The average molecular weight is 281 g/mol. The summed E-state index contributed by atoms with van der Waals surface area (Å²) in [6.45, 7) is 0. The zero-order chi connectivity index (χ0) is 6.55. The summed E-state index contributed by atoms with van der Waals surface area (Å²) in [7, 11) is 0. The van der Waals surface area contributed by atoms with Gasteiger partial charge in [-0.05, 0) is 62.2 Å². The van der Waals surface area contributed by atoms with Gasteiger partial charge in [0.15, 0.2) is 0 Å². The monoisotopic (exact) mass is 278 g/mol. The maximum atomic E-state index is 1.93. The number of halogens is 1. The minimum atomic E-state index is 0. The quantitative estimate of drug-likeness (QED) is 0.539. The molecule has 4 aliphatic carbocycles. The SMILES string of the molecule is C1[C]2CC3CC1CC(C2)C3.[Br-].[Zn]. The van der Waals surface area contributed by atoms with Gasteiger partial charge in [0.2, 0.25) is 0 Å². The van der Waals surface area contributed by atoms with Crippen molar-refractivity contribution in [3.63, 3.8) is 0 Å². The molecule has 1 radical (unpaired) electrons. The summed E-state index contributed by atoms with van der Waals surface area (Å²) in [6, 6.07) is 0. The van der Waals surface area contributed by atoms with Crippen molar-refractivity contribution in [3.8, 4) is 0 Å². The van der Waals surface area contributed by atoms with Crippen molar-refractivity contribution in [2.75, 3.05) is 0 Å². The van der Waals surface area contributed by atoms with E-state index in [0.717, 1.165) is 17.8 Å². The average Bonchev–Trinajstić information content (AvgIpc) is 1.82. The van der Waals surface area contributed by atoms with Crippen LogP contribution < -0.4 is 17.0 Å². The molecule has 4 fully saturated rings. The van der Waals surface area contributed by atoms with Crippen molar-refractivity contribution in [1.29, 1.82) is 0 Å². The van der Waals surface area contributed by atoms with Crippen molar-refractivity contribution in [2.24, 2.45) is 17.8 Å². The van der Waals surface area contributed by atoms with Crippen LogP contribution in [-0.4, -0.2) is 0 Å². The standard InChI is InChI=1S/C10H15.BrH.Zn/c1-7-2-9-4-8(1)5-10(3-7)6-9;;/h7-9H,1-6H2;1H;/p-1. The Balaban J connectivity index is 0.000000360. The fourth-order valence-electron chi connectivity index (χ4n) is 3.68. The molecular formula is C10H15BrZn-. The molecule has 0 amide bonds. The third kappa shape index (κ3) is 1.80. The Kier molecular flexibility index (Phi) is 3.81. The first-order chi connectivity index (χ1) is 4.90. The topological polar surface area (TPSA) is 0 Å². The summed E-state index contributed by atoms with van der Waals surface area (Å²) < 4.78 is 0. The van der Waals surface area contributed by atoms with Crippen molar-refractivity contribution in [2.45, 2.75) is 38.5 Å². The molecule has 0 unspecified atom stereocenters. The maximum Gasteiger partial charge on any atom is 0 e. The fraction of sp³-hybridized carbons (Fsp3) is 0.900. The molecule has 0 aromatic heterocycles.